The number of aliphatic imine (C=N–C) groups is 1. The van der Waals surface area contributed by atoms with Gasteiger partial charge in [0, 0.05) is 46.3 Å². The molecule has 0 aliphatic carbocycles. The van der Waals surface area contributed by atoms with Crippen molar-refractivity contribution in [3.8, 4) is 0 Å². The lowest BCUT2D eigenvalue weighted by molar-refractivity contribution is 0.194. The van der Waals surface area contributed by atoms with E-state index in [1.165, 1.54) is 5.56 Å². The first-order valence-corrected chi connectivity index (χ1v) is 7.73. The number of nitrogens with zero attached hydrogens (tertiary/aromatic N) is 3. The molecule has 1 aromatic rings. The largest absolute Gasteiger partial charge is 0.357 e. The molecule has 1 aliphatic rings. The summed E-state index contributed by atoms with van der Waals surface area (Å²) in [7, 11) is 1.85. The van der Waals surface area contributed by atoms with Gasteiger partial charge in [-0.25, -0.2) is 0 Å². The third-order valence-electron chi connectivity index (χ3n) is 3.69. The van der Waals surface area contributed by atoms with Crippen LogP contribution in [0.15, 0.2) is 41.4 Å². The summed E-state index contributed by atoms with van der Waals surface area (Å²) in [5, 5.41) is 3.32. The minimum Gasteiger partial charge on any atom is -0.357 e. The molecule has 4 nitrogen and oxygen atoms in total. The predicted octanol–water partition coefficient (Wildman–Crippen LogP) is 2.53. The van der Waals surface area contributed by atoms with Crippen LogP contribution in [0.3, 0.4) is 0 Å². The Morgan fingerprint density at radius 2 is 1.86 bits per heavy atom. The van der Waals surface area contributed by atoms with Crippen LogP contribution in [0.25, 0.3) is 6.08 Å². The number of nitrogens with one attached hydrogen (secondary N) is 1. The molecule has 1 N–H and O–H groups in total. The van der Waals surface area contributed by atoms with Crippen molar-refractivity contribution in [2.75, 3.05) is 46.3 Å². The lowest BCUT2D eigenvalue weighted by atomic mass is 10.2. The Balaban J connectivity index is 0.00000242. The first kappa shape index (κ1) is 19.0. The molecule has 0 radical (unpaired) electrons. The van der Waals surface area contributed by atoms with Crippen LogP contribution in [0.1, 0.15) is 12.5 Å². The van der Waals surface area contributed by atoms with Gasteiger partial charge in [-0.05, 0) is 12.5 Å². The Morgan fingerprint density at radius 1 is 1.18 bits per heavy atom. The van der Waals surface area contributed by atoms with E-state index in [-0.39, 0.29) is 24.0 Å². The Bertz CT molecular complexity index is 465. The van der Waals surface area contributed by atoms with Crippen molar-refractivity contribution in [3.05, 3.63) is 42.0 Å². The lowest BCUT2D eigenvalue weighted by Crippen LogP contribution is -2.52. The molecule has 0 bridgehead atoms. The summed E-state index contributed by atoms with van der Waals surface area (Å²) in [4.78, 5) is 9.14. The number of hydrogen-bond donors (Lipinski definition) is 1. The van der Waals surface area contributed by atoms with E-state index in [4.69, 9.17) is 0 Å². The van der Waals surface area contributed by atoms with Gasteiger partial charge in [0.2, 0.25) is 0 Å². The predicted molar refractivity (Wildman–Crippen MR) is 106 cm³/mol. The maximum atomic E-state index is 4.33. The summed E-state index contributed by atoms with van der Waals surface area (Å²) in [6.07, 6.45) is 4.45. The average molecular weight is 414 g/mol. The lowest BCUT2D eigenvalue weighted by Gasteiger charge is -2.35. The summed E-state index contributed by atoms with van der Waals surface area (Å²) < 4.78 is 0. The number of hydrogen-bond acceptors (Lipinski definition) is 2. The number of guanidine groups is 1. The average Bonchev–Trinajstić information content (AvgIpc) is 2.54. The van der Waals surface area contributed by atoms with Gasteiger partial charge in [0.1, 0.15) is 0 Å². The second kappa shape index (κ2) is 10.6. The fraction of sp³-hybridized carbons (Fsp3) is 0.471. The Labute approximate surface area is 151 Å². The van der Waals surface area contributed by atoms with Gasteiger partial charge >= 0.3 is 0 Å². The Morgan fingerprint density at radius 3 is 2.45 bits per heavy atom. The molecular weight excluding hydrogens is 387 g/mol. The molecule has 5 heteroatoms. The first-order valence-electron chi connectivity index (χ1n) is 7.73. The fourth-order valence-corrected chi connectivity index (χ4v) is 2.53. The maximum Gasteiger partial charge on any atom is 0.193 e. The second-order valence-corrected chi connectivity index (χ2v) is 5.18. The summed E-state index contributed by atoms with van der Waals surface area (Å²) in [5.74, 6) is 1.02. The van der Waals surface area contributed by atoms with Crippen LogP contribution in [0, 0.1) is 0 Å². The zero-order chi connectivity index (χ0) is 14.9. The minimum absolute atomic E-state index is 0. The van der Waals surface area contributed by atoms with E-state index in [9.17, 15) is 0 Å². The first-order chi connectivity index (χ1) is 10.3. The van der Waals surface area contributed by atoms with Crippen LogP contribution in [0.4, 0.5) is 0 Å². The highest BCUT2D eigenvalue weighted by Crippen LogP contribution is 2.04. The van der Waals surface area contributed by atoms with Crippen LogP contribution >= 0.6 is 24.0 Å². The molecule has 2 rings (SSSR count). The zero-order valence-corrected chi connectivity index (χ0v) is 15.9. The molecular formula is C17H27IN4. The van der Waals surface area contributed by atoms with Crippen LogP contribution < -0.4 is 5.32 Å². The number of benzene rings is 1. The smallest absolute Gasteiger partial charge is 0.193 e. The van der Waals surface area contributed by atoms with E-state index in [2.05, 4.69) is 63.5 Å². The number of piperazine rings is 1. The summed E-state index contributed by atoms with van der Waals surface area (Å²) in [6, 6.07) is 10.5. The zero-order valence-electron chi connectivity index (χ0n) is 13.5. The molecule has 0 spiro atoms. The molecule has 0 aromatic heterocycles. The highest BCUT2D eigenvalue weighted by molar-refractivity contribution is 14.0. The van der Waals surface area contributed by atoms with Gasteiger partial charge in [-0.2, -0.15) is 0 Å². The van der Waals surface area contributed by atoms with Gasteiger partial charge in [-0.3, -0.25) is 9.89 Å². The van der Waals surface area contributed by atoms with Crippen LogP contribution in [0.2, 0.25) is 0 Å². The standard InChI is InChI=1S/C17H26N4.HI/c1-3-19-17(18-2)21-14-12-20(13-15-21)11-7-10-16-8-5-4-6-9-16;/h4-10H,3,11-15H2,1-2H3,(H,18,19);1H. The maximum absolute atomic E-state index is 4.33. The Hall–Kier alpha value is -1.08. The highest BCUT2D eigenvalue weighted by atomic mass is 127. The summed E-state index contributed by atoms with van der Waals surface area (Å²) in [6.45, 7) is 8.30. The highest BCUT2D eigenvalue weighted by Gasteiger charge is 2.17. The van der Waals surface area contributed by atoms with Gasteiger partial charge < -0.3 is 10.2 Å². The van der Waals surface area contributed by atoms with E-state index >= 15 is 0 Å². The summed E-state index contributed by atoms with van der Waals surface area (Å²) in [5.41, 5.74) is 1.27. The third kappa shape index (κ3) is 5.96. The number of rotatable bonds is 4. The molecule has 1 aliphatic heterocycles. The quantitative estimate of drug-likeness (QED) is 0.467. The van der Waals surface area contributed by atoms with Gasteiger partial charge in [-0.15, -0.1) is 24.0 Å². The Kier molecular flexibility index (Phi) is 9.15. The van der Waals surface area contributed by atoms with E-state index in [0.29, 0.717) is 0 Å². The van der Waals surface area contributed by atoms with Crippen molar-refractivity contribution >= 4 is 36.0 Å². The van der Waals surface area contributed by atoms with Crippen LogP contribution in [-0.2, 0) is 0 Å². The van der Waals surface area contributed by atoms with Crippen LogP contribution in [0.5, 0.6) is 0 Å². The van der Waals surface area contributed by atoms with Crippen molar-refractivity contribution < 1.29 is 0 Å². The fourth-order valence-electron chi connectivity index (χ4n) is 2.53. The molecule has 1 aromatic carbocycles. The van der Waals surface area contributed by atoms with Crippen molar-refractivity contribution in [2.24, 2.45) is 4.99 Å². The van der Waals surface area contributed by atoms with Gasteiger partial charge in [0.25, 0.3) is 0 Å². The minimum atomic E-state index is 0. The molecule has 0 amide bonds. The normalized spacial score (nSPS) is 16.6. The second-order valence-electron chi connectivity index (χ2n) is 5.18. The molecule has 0 atom stereocenters. The van der Waals surface area contributed by atoms with E-state index in [1.54, 1.807) is 0 Å². The molecule has 22 heavy (non-hydrogen) atoms. The summed E-state index contributed by atoms with van der Waals surface area (Å²) >= 11 is 0. The van der Waals surface area contributed by atoms with Gasteiger partial charge in [0.15, 0.2) is 5.96 Å². The topological polar surface area (TPSA) is 30.9 Å². The molecule has 1 saturated heterocycles. The SMILES string of the molecule is CCNC(=NC)N1CCN(CC=Cc2ccccc2)CC1.I. The van der Waals surface area contributed by atoms with Crippen molar-refractivity contribution in [1.82, 2.24) is 15.1 Å². The van der Waals surface area contributed by atoms with Crippen molar-refractivity contribution in [2.45, 2.75) is 6.92 Å². The number of halogens is 1. The molecule has 0 saturated carbocycles. The van der Waals surface area contributed by atoms with Gasteiger partial charge in [-0.1, -0.05) is 42.5 Å². The molecule has 122 valence electrons. The van der Waals surface area contributed by atoms with Gasteiger partial charge in [0.05, 0.1) is 0 Å². The third-order valence-corrected chi connectivity index (χ3v) is 3.69. The van der Waals surface area contributed by atoms with E-state index < -0.39 is 0 Å². The van der Waals surface area contributed by atoms with Crippen molar-refractivity contribution in [3.63, 3.8) is 0 Å². The molecule has 0 unspecified atom stereocenters. The van der Waals surface area contributed by atoms with Crippen molar-refractivity contribution in [1.29, 1.82) is 0 Å². The monoisotopic (exact) mass is 414 g/mol. The molecule has 1 fully saturated rings. The van der Waals surface area contributed by atoms with Crippen LogP contribution in [-0.4, -0.2) is 62.1 Å². The van der Waals surface area contributed by atoms with E-state index in [0.717, 1.165) is 45.2 Å². The molecule has 1 heterocycles. The van der Waals surface area contributed by atoms with E-state index in [1.807, 2.05) is 13.1 Å².